The van der Waals surface area contributed by atoms with Crippen molar-refractivity contribution in [2.24, 2.45) is 5.73 Å². The van der Waals surface area contributed by atoms with Crippen LogP contribution in [0.1, 0.15) is 36.6 Å². The van der Waals surface area contributed by atoms with E-state index in [0.29, 0.717) is 11.2 Å². The van der Waals surface area contributed by atoms with Gasteiger partial charge in [-0.05, 0) is 26.1 Å². The first-order valence-electron chi connectivity index (χ1n) is 8.16. The fourth-order valence-corrected chi connectivity index (χ4v) is 2.96. The Labute approximate surface area is 170 Å². The number of carboxylic acid groups (broad SMARTS) is 1. The number of carboxylic acids is 1. The summed E-state index contributed by atoms with van der Waals surface area (Å²) in [5.41, 5.74) is 5.83. The normalized spacial score (nSPS) is 13.4. The van der Waals surface area contributed by atoms with Crippen molar-refractivity contribution in [1.29, 1.82) is 0 Å². The standard InChI is InChI=1S/C13H15N7O2S.C2HF3O2/c1-6(19-4-3-15-11(19)9(14)21)7(2)20-10-8(16-5-17-10)12(22)18-13(20)23;3-2(4,5)1(6)7/h3-7H,1-2H3,(H2,14,21)(H,16,17)(H,18,22,23);(H,6,7). The van der Waals surface area contributed by atoms with Crippen molar-refractivity contribution in [2.75, 3.05) is 0 Å². The average Bonchev–Trinajstić information content (AvgIpc) is 3.30. The fraction of sp³-hybridized carbons (Fsp3) is 0.333. The van der Waals surface area contributed by atoms with Gasteiger partial charge in [0, 0.05) is 12.4 Å². The number of nitrogens with zero attached hydrogens (tertiary/aromatic N) is 4. The number of imidazole rings is 2. The molecule has 0 radical (unpaired) electrons. The van der Waals surface area contributed by atoms with Crippen LogP contribution in [0.5, 0.6) is 0 Å². The third-order valence-electron chi connectivity index (χ3n) is 4.19. The Morgan fingerprint density at radius 1 is 1.27 bits per heavy atom. The molecule has 15 heteroatoms. The zero-order valence-corrected chi connectivity index (χ0v) is 16.3. The van der Waals surface area contributed by atoms with Gasteiger partial charge in [0.2, 0.25) is 0 Å². The molecule has 3 heterocycles. The molecule has 0 fully saturated rings. The molecule has 162 valence electrons. The van der Waals surface area contributed by atoms with Crippen LogP contribution in [0, 0.1) is 4.77 Å². The van der Waals surface area contributed by atoms with Crippen LogP contribution >= 0.6 is 12.2 Å². The Morgan fingerprint density at radius 2 is 1.87 bits per heavy atom. The van der Waals surface area contributed by atoms with Crippen LogP contribution in [0.2, 0.25) is 0 Å². The minimum Gasteiger partial charge on any atom is -0.475 e. The number of primary amides is 1. The predicted molar refractivity (Wildman–Crippen MR) is 99.4 cm³/mol. The summed E-state index contributed by atoms with van der Waals surface area (Å²) in [6, 6.07) is -0.407. The van der Waals surface area contributed by atoms with Crippen molar-refractivity contribution >= 4 is 35.3 Å². The van der Waals surface area contributed by atoms with Gasteiger partial charge in [0.05, 0.1) is 18.4 Å². The summed E-state index contributed by atoms with van der Waals surface area (Å²) in [5, 5.41) is 7.12. The molecule has 0 aliphatic carbocycles. The first kappa shape index (κ1) is 22.8. The Balaban J connectivity index is 0.000000396. The molecule has 0 aliphatic heterocycles. The maximum atomic E-state index is 11.9. The molecule has 0 aromatic carbocycles. The predicted octanol–water partition coefficient (Wildman–Crippen LogP) is 1.53. The Morgan fingerprint density at radius 3 is 2.40 bits per heavy atom. The van der Waals surface area contributed by atoms with Gasteiger partial charge in [-0.3, -0.25) is 19.1 Å². The number of carbonyl (C=O) groups excluding carboxylic acids is 1. The summed E-state index contributed by atoms with van der Waals surface area (Å²) < 4.78 is 35.4. The number of nitrogens with one attached hydrogen (secondary N) is 2. The molecule has 2 atom stereocenters. The van der Waals surface area contributed by atoms with E-state index in [1.54, 1.807) is 15.3 Å². The van der Waals surface area contributed by atoms with Crippen molar-refractivity contribution in [3.05, 3.63) is 39.7 Å². The zero-order chi connectivity index (χ0) is 22.8. The molecule has 0 bridgehead atoms. The molecule has 3 aromatic rings. The van der Waals surface area contributed by atoms with Crippen LogP contribution in [0.4, 0.5) is 13.2 Å². The number of aromatic nitrogens is 6. The second-order valence-electron chi connectivity index (χ2n) is 6.04. The monoisotopic (exact) mass is 447 g/mol. The van der Waals surface area contributed by atoms with Crippen LogP contribution < -0.4 is 11.3 Å². The smallest absolute Gasteiger partial charge is 0.475 e. The highest BCUT2D eigenvalue weighted by Crippen LogP contribution is 2.26. The van der Waals surface area contributed by atoms with Gasteiger partial charge in [-0.1, -0.05) is 0 Å². The molecular formula is C15H16F3N7O4S. The Kier molecular flexibility index (Phi) is 6.44. The molecule has 11 nitrogen and oxygen atoms in total. The molecule has 0 saturated carbocycles. The van der Waals surface area contributed by atoms with Crippen molar-refractivity contribution in [1.82, 2.24) is 29.1 Å². The highest BCUT2D eigenvalue weighted by molar-refractivity contribution is 7.71. The van der Waals surface area contributed by atoms with Gasteiger partial charge in [-0.2, -0.15) is 13.2 Å². The number of H-pyrrole nitrogens is 2. The van der Waals surface area contributed by atoms with Crippen LogP contribution in [0.25, 0.3) is 11.2 Å². The van der Waals surface area contributed by atoms with E-state index >= 15 is 0 Å². The van der Waals surface area contributed by atoms with E-state index in [0.717, 1.165) is 0 Å². The topological polar surface area (TPSA) is 165 Å². The molecule has 2 unspecified atom stereocenters. The van der Waals surface area contributed by atoms with Gasteiger partial charge in [0.25, 0.3) is 11.5 Å². The van der Waals surface area contributed by atoms with E-state index < -0.39 is 18.1 Å². The van der Waals surface area contributed by atoms with E-state index in [-0.39, 0.29) is 28.2 Å². The number of carbonyl (C=O) groups is 2. The largest absolute Gasteiger partial charge is 0.490 e. The molecule has 3 aromatic heterocycles. The van der Waals surface area contributed by atoms with Crippen LogP contribution in [-0.4, -0.2) is 52.2 Å². The van der Waals surface area contributed by atoms with E-state index in [4.69, 9.17) is 27.9 Å². The van der Waals surface area contributed by atoms with Gasteiger partial charge < -0.3 is 20.4 Å². The summed E-state index contributed by atoms with van der Waals surface area (Å²) in [4.78, 5) is 45.8. The SMILES string of the molecule is CC(C(C)n1c(=S)[nH]c(=O)c2[nH]cnc21)n1ccnc1C(N)=O.O=C(O)C(F)(F)F. The molecule has 0 spiro atoms. The molecule has 0 saturated heterocycles. The summed E-state index contributed by atoms with van der Waals surface area (Å²) in [7, 11) is 0. The Bertz CT molecular complexity index is 1190. The lowest BCUT2D eigenvalue weighted by atomic mass is 10.1. The second-order valence-corrected chi connectivity index (χ2v) is 6.42. The number of fused-ring (bicyclic) bond motifs is 1. The van der Waals surface area contributed by atoms with E-state index in [2.05, 4.69) is 19.9 Å². The molecule has 30 heavy (non-hydrogen) atoms. The van der Waals surface area contributed by atoms with Gasteiger partial charge in [0.1, 0.15) is 5.52 Å². The number of nitrogens with two attached hydrogens (primary N) is 1. The zero-order valence-electron chi connectivity index (χ0n) is 15.5. The lowest BCUT2D eigenvalue weighted by Crippen LogP contribution is -2.26. The van der Waals surface area contributed by atoms with Crippen molar-refractivity contribution in [3.63, 3.8) is 0 Å². The summed E-state index contributed by atoms with van der Waals surface area (Å²) in [5.74, 6) is -3.20. The van der Waals surface area contributed by atoms with Gasteiger partial charge in [0.15, 0.2) is 16.2 Å². The highest BCUT2D eigenvalue weighted by Gasteiger charge is 2.38. The molecule has 3 rings (SSSR count). The van der Waals surface area contributed by atoms with Crippen LogP contribution in [0.15, 0.2) is 23.5 Å². The van der Waals surface area contributed by atoms with Crippen LogP contribution in [0.3, 0.4) is 0 Å². The average molecular weight is 447 g/mol. The highest BCUT2D eigenvalue weighted by atomic mass is 32.1. The number of aromatic amines is 2. The van der Waals surface area contributed by atoms with E-state index in [9.17, 15) is 22.8 Å². The van der Waals surface area contributed by atoms with E-state index in [1.165, 1.54) is 12.5 Å². The number of hydrogen-bond acceptors (Lipinski definition) is 6. The minimum atomic E-state index is -5.08. The lowest BCUT2D eigenvalue weighted by molar-refractivity contribution is -0.192. The summed E-state index contributed by atoms with van der Waals surface area (Å²) in [6.07, 6.45) is -0.452. The first-order chi connectivity index (χ1) is 13.9. The number of hydrogen-bond donors (Lipinski definition) is 4. The van der Waals surface area contributed by atoms with Crippen molar-refractivity contribution in [2.45, 2.75) is 32.1 Å². The number of aliphatic carboxylic acids is 1. The fourth-order valence-electron chi connectivity index (χ4n) is 2.61. The quantitative estimate of drug-likeness (QED) is 0.440. The second kappa shape index (κ2) is 8.48. The van der Waals surface area contributed by atoms with Gasteiger partial charge in [-0.15, -0.1) is 0 Å². The maximum absolute atomic E-state index is 11.9. The molecule has 0 aliphatic rings. The number of alkyl halides is 3. The van der Waals surface area contributed by atoms with Crippen molar-refractivity contribution < 1.29 is 27.9 Å². The minimum absolute atomic E-state index is 0.165. The number of halogens is 3. The van der Waals surface area contributed by atoms with Gasteiger partial charge >= 0.3 is 12.1 Å². The molecular weight excluding hydrogens is 431 g/mol. The number of amides is 1. The van der Waals surface area contributed by atoms with Crippen molar-refractivity contribution in [3.8, 4) is 0 Å². The lowest BCUT2D eigenvalue weighted by Gasteiger charge is -2.25. The molecule has 1 amide bonds. The molecule has 5 N–H and O–H groups in total. The van der Waals surface area contributed by atoms with Gasteiger partial charge in [-0.25, -0.2) is 14.8 Å². The summed E-state index contributed by atoms with van der Waals surface area (Å²) >= 11 is 5.28. The Hall–Kier alpha value is -3.49. The van der Waals surface area contributed by atoms with E-state index in [1.807, 2.05) is 13.8 Å². The van der Waals surface area contributed by atoms with Crippen LogP contribution in [-0.2, 0) is 4.79 Å². The first-order valence-corrected chi connectivity index (χ1v) is 8.57. The maximum Gasteiger partial charge on any atom is 0.490 e. The summed E-state index contributed by atoms with van der Waals surface area (Å²) in [6.45, 7) is 3.82. The third-order valence-corrected chi connectivity index (χ3v) is 4.49. The number of rotatable bonds is 4. The third kappa shape index (κ3) is 4.56.